The van der Waals surface area contributed by atoms with Crippen molar-refractivity contribution in [3.05, 3.63) is 23.2 Å². The molecule has 0 aromatic heterocycles. The van der Waals surface area contributed by atoms with Crippen LogP contribution in [-0.2, 0) is 4.79 Å². The van der Waals surface area contributed by atoms with Gasteiger partial charge in [0.1, 0.15) is 0 Å². The third-order valence-electron chi connectivity index (χ3n) is 10.3. The van der Waals surface area contributed by atoms with Crippen molar-refractivity contribution in [2.24, 2.45) is 40.4 Å². The lowest BCUT2D eigenvalue weighted by molar-refractivity contribution is -0.117. The third kappa shape index (κ3) is 3.54. The van der Waals surface area contributed by atoms with Crippen molar-refractivity contribution in [2.45, 2.75) is 98.3 Å². The summed E-state index contributed by atoms with van der Waals surface area (Å²) in [6, 6.07) is 0. The summed E-state index contributed by atoms with van der Waals surface area (Å²) in [7, 11) is 0. The van der Waals surface area contributed by atoms with E-state index in [1.54, 1.807) is 0 Å². The molecule has 0 unspecified atom stereocenters. The fraction of sp³-hybridized carbons (Fsp3) is 0.815. The standard InChI is InChI=1S/C27H42O3/c1-17(6-5-7-18(2)25(29)30)22-10-11-23-21-9-8-19-16-20(28)12-14-26(19,3)24(21)13-15-27(22,23)4/h16-17,21-24,29-30H,5-15H2,1-4H3/t17-,21+,22-,23+,24+,26+,27-/m1/s1. The molecule has 0 aromatic rings. The van der Waals surface area contributed by atoms with Gasteiger partial charge in [0, 0.05) is 12.0 Å². The molecule has 4 aliphatic rings. The fourth-order valence-corrected chi connectivity index (χ4v) is 8.54. The van der Waals surface area contributed by atoms with Crippen molar-refractivity contribution < 1.29 is 15.0 Å². The summed E-state index contributed by atoms with van der Waals surface area (Å²) in [5, 5.41) is 18.5. The number of fused-ring (bicyclic) bond motifs is 5. The Labute approximate surface area is 183 Å². The first-order chi connectivity index (χ1) is 14.2. The number of ketones is 1. The zero-order valence-corrected chi connectivity index (χ0v) is 19.5. The smallest absolute Gasteiger partial charge is 0.272 e. The molecule has 0 aromatic carbocycles. The van der Waals surface area contributed by atoms with Gasteiger partial charge in [-0.05, 0) is 111 Å². The van der Waals surface area contributed by atoms with Crippen molar-refractivity contribution in [3.63, 3.8) is 0 Å². The number of carbonyl (C=O) groups is 1. The molecule has 168 valence electrons. The van der Waals surface area contributed by atoms with E-state index >= 15 is 0 Å². The second-order valence-corrected chi connectivity index (χ2v) is 11.7. The zero-order chi connectivity index (χ0) is 21.7. The first-order valence-corrected chi connectivity index (χ1v) is 12.5. The molecule has 0 heterocycles. The SMILES string of the molecule is CC(CCC[C@@H](C)[C@H]1CC[C@H]2[C@@H]3CCC4=CC(=O)CC[C@]4(C)[C@H]3CC[C@]12C)=C(O)O. The minimum Gasteiger partial charge on any atom is -0.481 e. The Morgan fingerprint density at radius 3 is 2.60 bits per heavy atom. The third-order valence-corrected chi connectivity index (χ3v) is 10.3. The van der Waals surface area contributed by atoms with Crippen LogP contribution in [0.1, 0.15) is 98.3 Å². The van der Waals surface area contributed by atoms with Gasteiger partial charge in [-0.1, -0.05) is 32.8 Å². The van der Waals surface area contributed by atoms with E-state index in [0.717, 1.165) is 55.8 Å². The van der Waals surface area contributed by atoms with Crippen LogP contribution in [0.4, 0.5) is 0 Å². The second-order valence-electron chi connectivity index (χ2n) is 11.7. The molecular weight excluding hydrogens is 372 g/mol. The van der Waals surface area contributed by atoms with Gasteiger partial charge in [0.25, 0.3) is 5.95 Å². The number of rotatable bonds is 5. The van der Waals surface area contributed by atoms with Gasteiger partial charge in [-0.25, -0.2) is 0 Å². The number of hydrogen-bond acceptors (Lipinski definition) is 3. The molecule has 0 amide bonds. The summed E-state index contributed by atoms with van der Waals surface area (Å²) in [5.74, 6) is 3.84. The molecule has 30 heavy (non-hydrogen) atoms. The van der Waals surface area contributed by atoms with Gasteiger partial charge in [-0.2, -0.15) is 0 Å². The summed E-state index contributed by atoms with van der Waals surface area (Å²) < 4.78 is 0. The van der Waals surface area contributed by atoms with Crippen LogP contribution in [0.5, 0.6) is 0 Å². The second kappa shape index (κ2) is 8.02. The lowest BCUT2D eigenvalue weighted by Crippen LogP contribution is -2.50. The van der Waals surface area contributed by atoms with Gasteiger partial charge < -0.3 is 10.2 Å². The Morgan fingerprint density at radius 1 is 1.10 bits per heavy atom. The van der Waals surface area contributed by atoms with Gasteiger partial charge in [0.15, 0.2) is 5.78 Å². The highest BCUT2D eigenvalue weighted by Crippen LogP contribution is 2.67. The molecule has 3 saturated carbocycles. The van der Waals surface area contributed by atoms with Crippen molar-refractivity contribution in [3.8, 4) is 0 Å². The first-order valence-electron chi connectivity index (χ1n) is 12.5. The lowest BCUT2D eigenvalue weighted by atomic mass is 9.46. The fourth-order valence-electron chi connectivity index (χ4n) is 8.54. The minimum absolute atomic E-state index is 0.276. The zero-order valence-electron chi connectivity index (χ0n) is 19.5. The van der Waals surface area contributed by atoms with E-state index < -0.39 is 5.95 Å². The molecule has 3 nitrogen and oxygen atoms in total. The van der Waals surface area contributed by atoms with Crippen molar-refractivity contribution in [1.29, 1.82) is 0 Å². The maximum atomic E-state index is 12.0. The summed E-state index contributed by atoms with van der Waals surface area (Å²) in [6.07, 6.45) is 14.7. The number of allylic oxidation sites excluding steroid dienone is 2. The molecule has 0 bridgehead atoms. The molecule has 0 radical (unpaired) electrons. The minimum atomic E-state index is -0.488. The van der Waals surface area contributed by atoms with Gasteiger partial charge in [-0.3, -0.25) is 4.79 Å². The number of aliphatic hydroxyl groups excluding tert-OH is 1. The summed E-state index contributed by atoms with van der Waals surface area (Å²) in [6.45, 7) is 9.34. The topological polar surface area (TPSA) is 57.5 Å². The number of hydrogen-bond donors (Lipinski definition) is 2. The quantitative estimate of drug-likeness (QED) is 0.464. The van der Waals surface area contributed by atoms with Gasteiger partial charge in [-0.15, -0.1) is 0 Å². The highest BCUT2D eigenvalue weighted by molar-refractivity contribution is 5.91. The molecule has 0 saturated heterocycles. The predicted octanol–water partition coefficient (Wildman–Crippen LogP) is 7.29. The highest BCUT2D eigenvalue weighted by atomic mass is 16.5. The summed E-state index contributed by atoms with van der Waals surface area (Å²) in [4.78, 5) is 12.0. The predicted molar refractivity (Wildman–Crippen MR) is 121 cm³/mol. The van der Waals surface area contributed by atoms with Crippen LogP contribution in [-0.4, -0.2) is 16.0 Å². The Kier molecular flexibility index (Phi) is 5.87. The van der Waals surface area contributed by atoms with E-state index in [2.05, 4.69) is 20.8 Å². The summed E-state index contributed by atoms with van der Waals surface area (Å²) in [5.41, 5.74) is 2.93. The maximum absolute atomic E-state index is 12.0. The van der Waals surface area contributed by atoms with Crippen LogP contribution in [0.2, 0.25) is 0 Å². The average molecular weight is 415 g/mol. The Balaban J connectivity index is 1.46. The average Bonchev–Trinajstić information content (AvgIpc) is 3.05. The summed E-state index contributed by atoms with van der Waals surface area (Å²) >= 11 is 0. The van der Waals surface area contributed by atoms with Gasteiger partial charge >= 0.3 is 0 Å². The lowest BCUT2D eigenvalue weighted by Gasteiger charge is -2.58. The largest absolute Gasteiger partial charge is 0.481 e. The number of aliphatic hydroxyl groups is 2. The van der Waals surface area contributed by atoms with Crippen LogP contribution in [0.25, 0.3) is 0 Å². The van der Waals surface area contributed by atoms with E-state index in [9.17, 15) is 15.0 Å². The molecule has 3 fully saturated rings. The van der Waals surface area contributed by atoms with Crippen LogP contribution >= 0.6 is 0 Å². The molecule has 7 atom stereocenters. The van der Waals surface area contributed by atoms with Crippen LogP contribution in [0.15, 0.2) is 23.2 Å². The van der Waals surface area contributed by atoms with E-state index in [1.807, 2.05) is 13.0 Å². The van der Waals surface area contributed by atoms with Crippen LogP contribution < -0.4 is 0 Å². The molecule has 3 heteroatoms. The van der Waals surface area contributed by atoms with Crippen LogP contribution in [0, 0.1) is 40.4 Å². The van der Waals surface area contributed by atoms with E-state index in [4.69, 9.17) is 0 Å². The Morgan fingerprint density at radius 2 is 1.87 bits per heavy atom. The normalized spacial score (nSPS) is 41.3. The first kappa shape index (κ1) is 22.0. The van der Waals surface area contributed by atoms with Crippen molar-refractivity contribution in [2.75, 3.05) is 0 Å². The molecule has 4 aliphatic carbocycles. The van der Waals surface area contributed by atoms with Crippen LogP contribution in [0.3, 0.4) is 0 Å². The molecule has 0 spiro atoms. The highest BCUT2D eigenvalue weighted by Gasteiger charge is 2.59. The van der Waals surface area contributed by atoms with E-state index in [-0.39, 0.29) is 5.41 Å². The van der Waals surface area contributed by atoms with E-state index in [0.29, 0.717) is 22.7 Å². The molecule has 2 N–H and O–H groups in total. The molecule has 4 rings (SSSR count). The van der Waals surface area contributed by atoms with Crippen molar-refractivity contribution in [1.82, 2.24) is 0 Å². The van der Waals surface area contributed by atoms with Gasteiger partial charge in [0.2, 0.25) is 0 Å². The van der Waals surface area contributed by atoms with Crippen molar-refractivity contribution >= 4 is 5.78 Å². The van der Waals surface area contributed by atoms with Gasteiger partial charge in [0.05, 0.1) is 0 Å². The molecular formula is C27H42O3. The monoisotopic (exact) mass is 414 g/mol. The number of carbonyl (C=O) groups excluding carboxylic acids is 1. The molecule has 0 aliphatic heterocycles. The Hall–Kier alpha value is -1.25. The maximum Gasteiger partial charge on any atom is 0.272 e. The Bertz CT molecular complexity index is 745. The van der Waals surface area contributed by atoms with E-state index in [1.165, 1.54) is 44.1 Å².